The first-order chi connectivity index (χ1) is 11.1. The highest BCUT2D eigenvalue weighted by atomic mass is 35.5. The van der Waals surface area contributed by atoms with Crippen molar-refractivity contribution in [3.8, 4) is 5.75 Å². The van der Waals surface area contributed by atoms with Gasteiger partial charge in [0.25, 0.3) is 5.91 Å². The fourth-order valence-corrected chi connectivity index (χ4v) is 3.38. The molecule has 0 radical (unpaired) electrons. The van der Waals surface area contributed by atoms with Crippen molar-refractivity contribution in [3.05, 3.63) is 47.0 Å². The zero-order valence-corrected chi connectivity index (χ0v) is 14.1. The number of rotatable bonds is 3. The van der Waals surface area contributed by atoms with E-state index in [0.717, 1.165) is 25.2 Å². The van der Waals surface area contributed by atoms with Gasteiger partial charge in [0.05, 0.1) is 12.1 Å². The molecule has 1 atom stereocenters. The number of carbonyl (C=O) groups is 1. The van der Waals surface area contributed by atoms with Gasteiger partial charge in [-0.1, -0.05) is 11.6 Å². The number of methoxy groups -OCH3 is 1. The van der Waals surface area contributed by atoms with E-state index in [1.54, 1.807) is 31.5 Å². The molecule has 5 nitrogen and oxygen atoms in total. The predicted octanol–water partition coefficient (Wildman–Crippen LogP) is 3.10. The molecule has 0 spiro atoms. The third-order valence-corrected chi connectivity index (χ3v) is 4.63. The molecule has 0 aliphatic carbocycles. The van der Waals surface area contributed by atoms with Crippen molar-refractivity contribution >= 4 is 17.5 Å². The summed E-state index contributed by atoms with van der Waals surface area (Å²) >= 11 is 6.13. The molecule has 1 aromatic carbocycles. The number of benzene rings is 1. The molecule has 0 unspecified atom stereocenters. The Kier molecular flexibility index (Phi) is 4.57. The molecular formula is C17H20ClN3O2. The van der Waals surface area contributed by atoms with Gasteiger partial charge in [-0.2, -0.15) is 0 Å². The Morgan fingerprint density at radius 3 is 2.91 bits per heavy atom. The van der Waals surface area contributed by atoms with Gasteiger partial charge in [0.15, 0.2) is 0 Å². The fourth-order valence-electron chi connectivity index (χ4n) is 3.12. The molecule has 0 saturated carbocycles. The van der Waals surface area contributed by atoms with Gasteiger partial charge >= 0.3 is 0 Å². The van der Waals surface area contributed by atoms with E-state index in [0.29, 0.717) is 22.9 Å². The summed E-state index contributed by atoms with van der Waals surface area (Å²) in [6.45, 7) is 1.46. The zero-order chi connectivity index (χ0) is 16.4. The van der Waals surface area contributed by atoms with E-state index in [2.05, 4.69) is 4.98 Å². The monoisotopic (exact) mass is 333 g/mol. The largest absolute Gasteiger partial charge is 0.495 e. The summed E-state index contributed by atoms with van der Waals surface area (Å²) in [5, 5.41) is 0.455. The number of likely N-dealkylation sites (tertiary alicyclic amines) is 1. The zero-order valence-electron chi connectivity index (χ0n) is 13.3. The quantitative estimate of drug-likeness (QED) is 0.867. The molecule has 0 N–H and O–H groups in total. The third kappa shape index (κ3) is 3.20. The normalized spacial score (nSPS) is 18.0. The number of amides is 1. The lowest BCUT2D eigenvalue weighted by Crippen LogP contribution is -2.39. The summed E-state index contributed by atoms with van der Waals surface area (Å²) in [5.41, 5.74) is 0.594. The Morgan fingerprint density at radius 2 is 2.26 bits per heavy atom. The Labute approximate surface area is 140 Å². The number of ether oxygens (including phenoxy) is 1. The van der Waals surface area contributed by atoms with Crippen LogP contribution in [0.4, 0.5) is 0 Å². The van der Waals surface area contributed by atoms with Crippen LogP contribution >= 0.6 is 11.6 Å². The second-order valence-corrected chi connectivity index (χ2v) is 6.24. The van der Waals surface area contributed by atoms with Gasteiger partial charge < -0.3 is 14.2 Å². The number of carbonyl (C=O) groups excluding carboxylic acids is 1. The standard InChI is InChI=1S/C17H20ClN3O2/c1-20-9-7-19-16(20)13-4-3-8-21(11-13)17(22)12-5-6-15(23-2)14(18)10-12/h5-7,9-10,13H,3-4,8,11H2,1-2H3/t13-/m1/s1. The third-order valence-electron chi connectivity index (χ3n) is 4.33. The SMILES string of the molecule is COc1ccc(C(=O)N2CCC[C@@H](c3nccn3C)C2)cc1Cl. The fraction of sp³-hybridized carbons (Fsp3) is 0.412. The molecule has 2 heterocycles. The number of piperidine rings is 1. The van der Waals surface area contributed by atoms with Crippen molar-refractivity contribution in [2.75, 3.05) is 20.2 Å². The van der Waals surface area contributed by atoms with Gasteiger partial charge in [-0.25, -0.2) is 4.98 Å². The second-order valence-electron chi connectivity index (χ2n) is 5.84. The lowest BCUT2D eigenvalue weighted by atomic mass is 9.96. The van der Waals surface area contributed by atoms with Crippen LogP contribution in [0.2, 0.25) is 5.02 Å². The lowest BCUT2D eigenvalue weighted by Gasteiger charge is -2.32. The maximum absolute atomic E-state index is 12.8. The number of aromatic nitrogens is 2. The minimum atomic E-state index is 0.00784. The first kappa shape index (κ1) is 15.9. The van der Waals surface area contributed by atoms with Gasteiger partial charge in [0.2, 0.25) is 0 Å². The predicted molar refractivity (Wildman–Crippen MR) is 89.1 cm³/mol. The number of nitrogens with zero attached hydrogens (tertiary/aromatic N) is 3. The highest BCUT2D eigenvalue weighted by Crippen LogP contribution is 2.29. The molecule has 3 rings (SSSR count). The van der Waals surface area contributed by atoms with Crippen molar-refractivity contribution in [2.45, 2.75) is 18.8 Å². The Hall–Kier alpha value is -2.01. The van der Waals surface area contributed by atoms with Gasteiger partial charge in [-0.05, 0) is 31.0 Å². The van der Waals surface area contributed by atoms with Crippen LogP contribution in [0.15, 0.2) is 30.6 Å². The molecular weight excluding hydrogens is 314 g/mol. The second kappa shape index (κ2) is 6.62. The van der Waals surface area contributed by atoms with Crippen LogP contribution in [0, 0.1) is 0 Å². The van der Waals surface area contributed by atoms with Crippen LogP contribution in [-0.4, -0.2) is 40.6 Å². The van der Waals surface area contributed by atoms with E-state index < -0.39 is 0 Å². The Bertz CT molecular complexity index is 714. The summed E-state index contributed by atoms with van der Waals surface area (Å²) in [6.07, 6.45) is 5.78. The van der Waals surface area contributed by atoms with E-state index in [1.165, 1.54) is 0 Å². The van der Waals surface area contributed by atoms with Gasteiger partial charge in [0.1, 0.15) is 11.6 Å². The minimum absolute atomic E-state index is 0.00784. The molecule has 1 aromatic heterocycles. The van der Waals surface area contributed by atoms with Crippen LogP contribution in [0.5, 0.6) is 5.75 Å². The highest BCUT2D eigenvalue weighted by molar-refractivity contribution is 6.32. The maximum Gasteiger partial charge on any atom is 0.253 e. The van der Waals surface area contributed by atoms with E-state index in [4.69, 9.17) is 16.3 Å². The summed E-state index contributed by atoms with van der Waals surface area (Å²) < 4.78 is 7.17. The van der Waals surface area contributed by atoms with Crippen LogP contribution in [0.1, 0.15) is 34.9 Å². The average molecular weight is 334 g/mol. The molecule has 23 heavy (non-hydrogen) atoms. The molecule has 6 heteroatoms. The van der Waals surface area contributed by atoms with Crippen LogP contribution < -0.4 is 4.74 Å². The van der Waals surface area contributed by atoms with E-state index in [9.17, 15) is 4.79 Å². The number of hydrogen-bond acceptors (Lipinski definition) is 3. The molecule has 1 aliphatic rings. The van der Waals surface area contributed by atoms with E-state index >= 15 is 0 Å². The van der Waals surface area contributed by atoms with Crippen molar-refractivity contribution in [2.24, 2.45) is 7.05 Å². The Morgan fingerprint density at radius 1 is 1.43 bits per heavy atom. The molecule has 2 aromatic rings. The van der Waals surface area contributed by atoms with Crippen LogP contribution in [-0.2, 0) is 7.05 Å². The summed E-state index contributed by atoms with van der Waals surface area (Å²) in [6, 6.07) is 5.17. The summed E-state index contributed by atoms with van der Waals surface area (Å²) in [4.78, 5) is 19.1. The molecule has 0 bridgehead atoms. The number of aryl methyl sites for hydroxylation is 1. The smallest absolute Gasteiger partial charge is 0.253 e. The van der Waals surface area contributed by atoms with Gasteiger partial charge in [-0.15, -0.1) is 0 Å². The van der Waals surface area contributed by atoms with E-state index in [-0.39, 0.29) is 11.8 Å². The minimum Gasteiger partial charge on any atom is -0.495 e. The molecule has 122 valence electrons. The molecule has 1 amide bonds. The van der Waals surface area contributed by atoms with Crippen LogP contribution in [0.3, 0.4) is 0 Å². The molecule has 1 saturated heterocycles. The highest BCUT2D eigenvalue weighted by Gasteiger charge is 2.27. The van der Waals surface area contributed by atoms with E-state index in [1.807, 2.05) is 22.7 Å². The van der Waals surface area contributed by atoms with Crippen molar-refractivity contribution in [1.82, 2.24) is 14.5 Å². The Balaban J connectivity index is 1.77. The van der Waals surface area contributed by atoms with Crippen molar-refractivity contribution in [1.29, 1.82) is 0 Å². The molecule has 1 aliphatic heterocycles. The van der Waals surface area contributed by atoms with Crippen LogP contribution in [0.25, 0.3) is 0 Å². The lowest BCUT2D eigenvalue weighted by molar-refractivity contribution is 0.0703. The van der Waals surface area contributed by atoms with Gasteiger partial charge in [-0.3, -0.25) is 4.79 Å². The number of hydrogen-bond donors (Lipinski definition) is 0. The van der Waals surface area contributed by atoms with Crippen molar-refractivity contribution < 1.29 is 9.53 Å². The van der Waals surface area contributed by atoms with Gasteiger partial charge in [0, 0.05) is 44.0 Å². The first-order valence-corrected chi connectivity index (χ1v) is 8.08. The topological polar surface area (TPSA) is 47.4 Å². The maximum atomic E-state index is 12.8. The molecule has 1 fully saturated rings. The van der Waals surface area contributed by atoms with Crippen molar-refractivity contribution in [3.63, 3.8) is 0 Å². The number of halogens is 1. The number of imidazole rings is 1. The summed E-state index contributed by atoms with van der Waals surface area (Å²) in [7, 11) is 3.55. The summed E-state index contributed by atoms with van der Waals surface area (Å²) in [5.74, 6) is 1.90. The average Bonchev–Trinajstić information content (AvgIpc) is 3.00. The first-order valence-electron chi connectivity index (χ1n) is 7.70.